The van der Waals surface area contributed by atoms with Crippen molar-refractivity contribution in [3.8, 4) is 0 Å². The molecule has 1 aromatic carbocycles. The van der Waals surface area contributed by atoms with E-state index in [0.29, 0.717) is 23.9 Å². The van der Waals surface area contributed by atoms with Crippen LogP contribution in [0.1, 0.15) is 13.8 Å². The summed E-state index contributed by atoms with van der Waals surface area (Å²) in [6.07, 6.45) is 0. The fraction of sp³-hybridized carbons (Fsp3) is 0.538. The van der Waals surface area contributed by atoms with E-state index in [1.165, 1.54) is 16.1 Å². The van der Waals surface area contributed by atoms with Gasteiger partial charge in [0, 0.05) is 29.9 Å². The van der Waals surface area contributed by atoms with E-state index in [0.717, 1.165) is 4.90 Å². The summed E-state index contributed by atoms with van der Waals surface area (Å²) in [6, 6.07) is 7.50. The monoisotopic (exact) mass is 302 g/mol. The van der Waals surface area contributed by atoms with E-state index in [9.17, 15) is 8.42 Å². The first-order valence-electron chi connectivity index (χ1n) is 6.24. The molecule has 19 heavy (non-hydrogen) atoms. The van der Waals surface area contributed by atoms with Gasteiger partial charge < -0.3 is 5.73 Å². The Morgan fingerprint density at radius 2 is 1.95 bits per heavy atom. The molecule has 4 nitrogen and oxygen atoms in total. The highest BCUT2D eigenvalue weighted by Crippen LogP contribution is 2.24. The number of sulfonamides is 1. The molecule has 0 saturated carbocycles. The largest absolute Gasteiger partial charge is 0.398 e. The van der Waals surface area contributed by atoms with Crippen LogP contribution in [0.25, 0.3) is 0 Å². The molecule has 2 N–H and O–H groups in total. The molecule has 0 aromatic heterocycles. The quantitative estimate of drug-likeness (QED) is 0.620. The molecule has 0 atom stereocenters. The standard InChI is InChI=1S/C13H22N2O2S2/c1-11(2)10-15(3)19(16,17)9-8-18-13-7-5-4-6-12(13)14/h4-7,11H,8-10,14H2,1-3H3. The lowest BCUT2D eigenvalue weighted by atomic mass is 10.2. The van der Waals surface area contributed by atoms with Crippen molar-refractivity contribution in [2.24, 2.45) is 5.92 Å². The predicted molar refractivity (Wildman–Crippen MR) is 82.8 cm³/mol. The molecule has 0 heterocycles. The Labute approximate surface area is 120 Å². The third kappa shape index (κ3) is 5.42. The highest BCUT2D eigenvalue weighted by molar-refractivity contribution is 8.00. The smallest absolute Gasteiger partial charge is 0.214 e. The molecule has 108 valence electrons. The Hall–Kier alpha value is -0.720. The van der Waals surface area contributed by atoms with Crippen molar-refractivity contribution in [3.63, 3.8) is 0 Å². The summed E-state index contributed by atoms with van der Waals surface area (Å²) in [5, 5.41) is 0. The van der Waals surface area contributed by atoms with Crippen LogP contribution >= 0.6 is 11.8 Å². The van der Waals surface area contributed by atoms with Gasteiger partial charge in [-0.15, -0.1) is 11.8 Å². The van der Waals surface area contributed by atoms with Crippen LogP contribution in [0, 0.1) is 5.92 Å². The Morgan fingerprint density at radius 1 is 1.32 bits per heavy atom. The topological polar surface area (TPSA) is 63.4 Å². The van der Waals surface area contributed by atoms with Crippen LogP contribution in [-0.2, 0) is 10.0 Å². The molecule has 0 aliphatic heterocycles. The maximum absolute atomic E-state index is 12.0. The zero-order valence-electron chi connectivity index (χ0n) is 11.7. The molecular formula is C13H22N2O2S2. The second-order valence-electron chi connectivity index (χ2n) is 4.88. The summed E-state index contributed by atoms with van der Waals surface area (Å²) < 4.78 is 25.5. The number of thioether (sulfide) groups is 1. The molecule has 0 spiro atoms. The Morgan fingerprint density at radius 3 is 2.53 bits per heavy atom. The number of para-hydroxylation sites is 1. The maximum Gasteiger partial charge on any atom is 0.214 e. The van der Waals surface area contributed by atoms with Crippen molar-refractivity contribution in [2.75, 3.05) is 30.8 Å². The molecule has 1 rings (SSSR count). The number of hydrogen-bond donors (Lipinski definition) is 1. The van der Waals surface area contributed by atoms with E-state index in [2.05, 4.69) is 0 Å². The molecule has 0 bridgehead atoms. The van der Waals surface area contributed by atoms with Gasteiger partial charge in [0.1, 0.15) is 0 Å². The van der Waals surface area contributed by atoms with Crippen molar-refractivity contribution >= 4 is 27.5 Å². The fourth-order valence-corrected chi connectivity index (χ4v) is 4.29. The lowest BCUT2D eigenvalue weighted by molar-refractivity contribution is 0.418. The number of hydrogen-bond acceptors (Lipinski definition) is 4. The van der Waals surface area contributed by atoms with Gasteiger partial charge in [-0.05, 0) is 18.1 Å². The lowest BCUT2D eigenvalue weighted by Crippen LogP contribution is -2.33. The Balaban J connectivity index is 2.50. The van der Waals surface area contributed by atoms with Gasteiger partial charge in [0.15, 0.2) is 0 Å². The average molecular weight is 302 g/mol. The van der Waals surface area contributed by atoms with Crippen molar-refractivity contribution in [1.29, 1.82) is 0 Å². The van der Waals surface area contributed by atoms with E-state index < -0.39 is 10.0 Å². The lowest BCUT2D eigenvalue weighted by Gasteiger charge is -2.19. The van der Waals surface area contributed by atoms with Gasteiger partial charge in [0.2, 0.25) is 10.0 Å². The van der Waals surface area contributed by atoms with Gasteiger partial charge in [0.05, 0.1) is 5.75 Å². The molecule has 0 saturated heterocycles. The third-order valence-electron chi connectivity index (χ3n) is 2.61. The minimum absolute atomic E-state index is 0.134. The molecule has 0 aliphatic carbocycles. The number of anilines is 1. The highest BCUT2D eigenvalue weighted by atomic mass is 32.2. The van der Waals surface area contributed by atoms with Crippen LogP contribution in [0.3, 0.4) is 0 Å². The molecule has 0 fully saturated rings. The van der Waals surface area contributed by atoms with E-state index in [4.69, 9.17) is 5.73 Å². The van der Waals surface area contributed by atoms with Crippen molar-refractivity contribution in [1.82, 2.24) is 4.31 Å². The molecule has 0 aliphatic rings. The highest BCUT2D eigenvalue weighted by Gasteiger charge is 2.18. The first-order valence-corrected chi connectivity index (χ1v) is 8.83. The first kappa shape index (κ1) is 16.3. The van der Waals surface area contributed by atoms with Crippen LogP contribution < -0.4 is 5.73 Å². The number of nitrogens with zero attached hydrogens (tertiary/aromatic N) is 1. The van der Waals surface area contributed by atoms with Gasteiger partial charge in [-0.1, -0.05) is 26.0 Å². The van der Waals surface area contributed by atoms with Crippen LogP contribution in [-0.4, -0.2) is 37.8 Å². The maximum atomic E-state index is 12.0. The minimum Gasteiger partial charge on any atom is -0.398 e. The van der Waals surface area contributed by atoms with E-state index in [1.807, 2.05) is 38.1 Å². The van der Waals surface area contributed by atoms with E-state index in [-0.39, 0.29) is 5.75 Å². The fourth-order valence-electron chi connectivity index (χ4n) is 1.65. The molecule has 0 amide bonds. The van der Waals surface area contributed by atoms with Gasteiger partial charge in [-0.2, -0.15) is 0 Å². The van der Waals surface area contributed by atoms with Crippen LogP contribution in [0.5, 0.6) is 0 Å². The molecule has 6 heteroatoms. The van der Waals surface area contributed by atoms with Gasteiger partial charge in [0.25, 0.3) is 0 Å². The number of nitrogens with two attached hydrogens (primary N) is 1. The van der Waals surface area contributed by atoms with Gasteiger partial charge in [-0.3, -0.25) is 0 Å². The number of benzene rings is 1. The average Bonchev–Trinajstić information content (AvgIpc) is 2.30. The summed E-state index contributed by atoms with van der Waals surface area (Å²) in [5.41, 5.74) is 6.51. The van der Waals surface area contributed by atoms with E-state index >= 15 is 0 Å². The second kappa shape index (κ2) is 7.17. The zero-order valence-corrected chi connectivity index (χ0v) is 13.3. The first-order chi connectivity index (χ1) is 8.83. The number of rotatable bonds is 7. The summed E-state index contributed by atoms with van der Waals surface area (Å²) in [7, 11) is -1.53. The summed E-state index contributed by atoms with van der Waals surface area (Å²) in [5.74, 6) is 0.978. The van der Waals surface area contributed by atoms with Crippen molar-refractivity contribution < 1.29 is 8.42 Å². The minimum atomic E-state index is -3.17. The van der Waals surface area contributed by atoms with Crippen molar-refractivity contribution in [3.05, 3.63) is 24.3 Å². The molecule has 1 aromatic rings. The third-order valence-corrected chi connectivity index (χ3v) is 5.78. The normalized spacial score (nSPS) is 12.3. The summed E-state index contributed by atoms with van der Waals surface area (Å²) in [4.78, 5) is 0.934. The summed E-state index contributed by atoms with van der Waals surface area (Å²) in [6.45, 7) is 4.57. The summed E-state index contributed by atoms with van der Waals surface area (Å²) >= 11 is 1.48. The van der Waals surface area contributed by atoms with Gasteiger partial charge >= 0.3 is 0 Å². The van der Waals surface area contributed by atoms with E-state index in [1.54, 1.807) is 7.05 Å². The van der Waals surface area contributed by atoms with Crippen LogP contribution in [0.2, 0.25) is 0 Å². The second-order valence-corrected chi connectivity index (χ2v) is 8.21. The predicted octanol–water partition coefficient (Wildman–Crippen LogP) is 2.28. The Bertz CT molecular complexity index is 501. The molecule has 0 radical (unpaired) electrons. The molecular weight excluding hydrogens is 280 g/mol. The van der Waals surface area contributed by atoms with Crippen LogP contribution in [0.4, 0.5) is 5.69 Å². The Kier molecular flexibility index (Phi) is 6.16. The molecule has 0 unspecified atom stereocenters. The number of nitrogen functional groups attached to an aromatic ring is 1. The SMILES string of the molecule is CC(C)CN(C)S(=O)(=O)CCSc1ccccc1N. The van der Waals surface area contributed by atoms with Crippen LogP contribution in [0.15, 0.2) is 29.2 Å². The van der Waals surface area contributed by atoms with Gasteiger partial charge in [-0.25, -0.2) is 12.7 Å². The zero-order chi connectivity index (χ0) is 14.5. The van der Waals surface area contributed by atoms with Crippen molar-refractivity contribution in [2.45, 2.75) is 18.7 Å².